The predicted molar refractivity (Wildman–Crippen MR) is 115 cm³/mol. The molecule has 154 valence electrons. The average molecular weight is 394 g/mol. The summed E-state index contributed by atoms with van der Waals surface area (Å²) >= 11 is 0. The van der Waals surface area contributed by atoms with E-state index in [-0.39, 0.29) is 29.8 Å². The zero-order valence-electron chi connectivity index (χ0n) is 17.3. The topological polar surface area (TPSA) is 61.4 Å². The van der Waals surface area contributed by atoms with Gasteiger partial charge in [0.1, 0.15) is 0 Å². The number of hydrogen-bond donors (Lipinski definition) is 2. The molecule has 5 nitrogen and oxygen atoms in total. The summed E-state index contributed by atoms with van der Waals surface area (Å²) in [5.74, 6) is -0.00798. The van der Waals surface area contributed by atoms with Crippen LogP contribution in [0.15, 0.2) is 60.7 Å². The van der Waals surface area contributed by atoms with Crippen molar-refractivity contribution in [2.45, 2.75) is 45.2 Å². The molecule has 0 spiro atoms. The van der Waals surface area contributed by atoms with Gasteiger partial charge in [0.05, 0.1) is 5.92 Å². The number of benzene rings is 2. The summed E-state index contributed by atoms with van der Waals surface area (Å²) in [5.41, 5.74) is 2.23. The zero-order valence-corrected chi connectivity index (χ0v) is 17.3. The summed E-state index contributed by atoms with van der Waals surface area (Å²) in [6, 6.07) is 20.1. The van der Waals surface area contributed by atoms with E-state index < -0.39 is 0 Å². The van der Waals surface area contributed by atoms with Gasteiger partial charge in [-0.05, 0) is 30.9 Å². The Morgan fingerprint density at radius 3 is 2.34 bits per heavy atom. The van der Waals surface area contributed by atoms with Gasteiger partial charge in [-0.25, -0.2) is 4.79 Å². The van der Waals surface area contributed by atoms with Crippen LogP contribution in [-0.4, -0.2) is 36.0 Å². The lowest BCUT2D eigenvalue weighted by Gasteiger charge is -2.37. The molecule has 3 amide bonds. The molecule has 0 unspecified atom stereocenters. The quantitative estimate of drug-likeness (QED) is 0.781. The van der Waals surface area contributed by atoms with Crippen molar-refractivity contribution in [1.29, 1.82) is 0 Å². The maximum atomic E-state index is 12.9. The first-order valence-electron chi connectivity index (χ1n) is 10.5. The molecule has 1 aliphatic heterocycles. The Kier molecular flexibility index (Phi) is 7.28. The van der Waals surface area contributed by atoms with Crippen LogP contribution in [0.3, 0.4) is 0 Å². The van der Waals surface area contributed by atoms with E-state index >= 15 is 0 Å². The molecule has 1 saturated heterocycles. The monoisotopic (exact) mass is 393 g/mol. The highest BCUT2D eigenvalue weighted by molar-refractivity contribution is 5.81. The van der Waals surface area contributed by atoms with E-state index in [1.807, 2.05) is 55.5 Å². The van der Waals surface area contributed by atoms with Gasteiger partial charge >= 0.3 is 6.03 Å². The largest absolute Gasteiger partial charge is 0.353 e. The number of hydrogen-bond acceptors (Lipinski definition) is 2. The molecule has 3 atom stereocenters. The van der Waals surface area contributed by atoms with Crippen LogP contribution >= 0.6 is 0 Å². The van der Waals surface area contributed by atoms with E-state index in [4.69, 9.17) is 0 Å². The van der Waals surface area contributed by atoms with Crippen LogP contribution in [0.1, 0.15) is 43.7 Å². The maximum Gasteiger partial charge on any atom is 0.317 e. The first-order chi connectivity index (χ1) is 14.1. The Morgan fingerprint density at radius 1 is 1.03 bits per heavy atom. The Balaban J connectivity index is 1.70. The van der Waals surface area contributed by atoms with Crippen molar-refractivity contribution in [3.8, 4) is 0 Å². The Bertz CT molecular complexity index is 794. The highest BCUT2D eigenvalue weighted by Crippen LogP contribution is 2.30. The second-order valence-corrected chi connectivity index (χ2v) is 7.91. The molecule has 2 N–H and O–H groups in total. The summed E-state index contributed by atoms with van der Waals surface area (Å²) in [6.45, 7) is 5.63. The Hall–Kier alpha value is -2.82. The van der Waals surface area contributed by atoms with Gasteiger partial charge in [-0.1, -0.05) is 67.6 Å². The lowest BCUT2D eigenvalue weighted by molar-refractivity contribution is -0.127. The van der Waals surface area contributed by atoms with E-state index in [2.05, 4.69) is 29.7 Å². The van der Waals surface area contributed by atoms with Crippen molar-refractivity contribution in [3.05, 3.63) is 71.8 Å². The minimum Gasteiger partial charge on any atom is -0.353 e. The number of nitrogens with zero attached hydrogens (tertiary/aromatic N) is 1. The van der Waals surface area contributed by atoms with Crippen LogP contribution in [-0.2, 0) is 11.3 Å². The lowest BCUT2D eigenvalue weighted by Crippen LogP contribution is -2.51. The normalized spacial score (nSPS) is 20.0. The van der Waals surface area contributed by atoms with E-state index in [1.54, 1.807) is 4.90 Å². The van der Waals surface area contributed by atoms with Gasteiger partial charge in [-0.15, -0.1) is 0 Å². The van der Waals surface area contributed by atoms with Gasteiger partial charge in [-0.2, -0.15) is 0 Å². The minimum absolute atomic E-state index is 0.0424. The Labute approximate surface area is 173 Å². The van der Waals surface area contributed by atoms with Crippen molar-refractivity contribution >= 4 is 11.9 Å². The van der Waals surface area contributed by atoms with Gasteiger partial charge in [-0.3, -0.25) is 4.79 Å². The SMILES string of the molecule is CC[C@H](C)NC(=O)[C@@H]1C[C@@H](c2ccccc2)CN(C(=O)NCc2ccccc2)C1. The second-order valence-electron chi connectivity index (χ2n) is 7.91. The summed E-state index contributed by atoms with van der Waals surface area (Å²) in [4.78, 5) is 27.5. The van der Waals surface area contributed by atoms with E-state index in [1.165, 1.54) is 5.56 Å². The van der Waals surface area contributed by atoms with Crippen molar-refractivity contribution in [2.75, 3.05) is 13.1 Å². The number of carbonyl (C=O) groups excluding carboxylic acids is 2. The molecule has 0 saturated carbocycles. The number of nitrogens with one attached hydrogen (secondary N) is 2. The van der Waals surface area contributed by atoms with Crippen LogP contribution in [0.25, 0.3) is 0 Å². The molecule has 3 rings (SSSR count). The number of amides is 3. The molecular weight excluding hydrogens is 362 g/mol. The standard InChI is InChI=1S/C24H31N3O2/c1-3-18(2)26-23(28)22-14-21(20-12-8-5-9-13-20)16-27(17-22)24(29)25-15-19-10-6-4-7-11-19/h4-13,18,21-22H,3,14-17H2,1-2H3,(H,25,29)(H,26,28)/t18-,21+,22+/m0/s1. The van der Waals surface area contributed by atoms with Crippen molar-refractivity contribution < 1.29 is 9.59 Å². The first kappa shape index (κ1) is 20.9. The van der Waals surface area contributed by atoms with Crippen molar-refractivity contribution in [1.82, 2.24) is 15.5 Å². The van der Waals surface area contributed by atoms with Gasteiger partial charge in [0, 0.05) is 31.6 Å². The van der Waals surface area contributed by atoms with Crippen LogP contribution in [0, 0.1) is 5.92 Å². The number of carbonyl (C=O) groups is 2. The van der Waals surface area contributed by atoms with Crippen LogP contribution in [0.2, 0.25) is 0 Å². The third-order valence-corrected chi connectivity index (χ3v) is 5.67. The highest BCUT2D eigenvalue weighted by Gasteiger charge is 2.34. The van der Waals surface area contributed by atoms with Gasteiger partial charge in [0.25, 0.3) is 0 Å². The first-order valence-corrected chi connectivity index (χ1v) is 10.5. The molecule has 1 fully saturated rings. The molecule has 0 radical (unpaired) electrons. The van der Waals surface area contributed by atoms with Crippen LogP contribution in [0.5, 0.6) is 0 Å². The Morgan fingerprint density at radius 2 is 1.69 bits per heavy atom. The van der Waals surface area contributed by atoms with E-state index in [0.29, 0.717) is 19.6 Å². The summed E-state index contributed by atoms with van der Waals surface area (Å²) < 4.78 is 0. The third-order valence-electron chi connectivity index (χ3n) is 5.67. The van der Waals surface area contributed by atoms with Crippen LogP contribution < -0.4 is 10.6 Å². The number of piperidine rings is 1. The highest BCUT2D eigenvalue weighted by atomic mass is 16.2. The van der Waals surface area contributed by atoms with E-state index in [0.717, 1.165) is 18.4 Å². The van der Waals surface area contributed by atoms with Crippen molar-refractivity contribution in [3.63, 3.8) is 0 Å². The van der Waals surface area contributed by atoms with Crippen LogP contribution in [0.4, 0.5) is 4.79 Å². The maximum absolute atomic E-state index is 12.9. The molecule has 2 aromatic rings. The molecule has 2 aromatic carbocycles. The number of rotatable bonds is 6. The molecule has 1 aliphatic rings. The molecule has 0 aromatic heterocycles. The fourth-order valence-corrected chi connectivity index (χ4v) is 3.77. The summed E-state index contributed by atoms with van der Waals surface area (Å²) in [7, 11) is 0. The molecular formula is C24H31N3O2. The van der Waals surface area contributed by atoms with Gasteiger partial charge < -0.3 is 15.5 Å². The fourth-order valence-electron chi connectivity index (χ4n) is 3.77. The number of likely N-dealkylation sites (tertiary alicyclic amines) is 1. The fraction of sp³-hybridized carbons (Fsp3) is 0.417. The zero-order chi connectivity index (χ0) is 20.6. The van der Waals surface area contributed by atoms with E-state index in [9.17, 15) is 9.59 Å². The number of urea groups is 1. The van der Waals surface area contributed by atoms with Gasteiger partial charge in [0.15, 0.2) is 0 Å². The minimum atomic E-state index is -0.203. The molecule has 0 aliphatic carbocycles. The molecule has 29 heavy (non-hydrogen) atoms. The van der Waals surface area contributed by atoms with Gasteiger partial charge in [0.2, 0.25) is 5.91 Å². The van der Waals surface area contributed by atoms with Crippen molar-refractivity contribution in [2.24, 2.45) is 5.92 Å². The second kappa shape index (κ2) is 10.1. The lowest BCUT2D eigenvalue weighted by atomic mass is 9.84. The smallest absolute Gasteiger partial charge is 0.317 e. The molecule has 5 heteroatoms. The summed E-state index contributed by atoms with van der Waals surface area (Å²) in [6.07, 6.45) is 1.65. The molecule has 1 heterocycles. The molecule has 0 bridgehead atoms. The average Bonchev–Trinajstić information content (AvgIpc) is 2.78. The predicted octanol–water partition coefficient (Wildman–Crippen LogP) is 3.92. The summed E-state index contributed by atoms with van der Waals surface area (Å²) in [5, 5.41) is 6.10. The third kappa shape index (κ3) is 5.83.